The monoisotopic (exact) mass is 356 g/mol. The molecule has 1 rings (SSSR count). The molecule has 1 fully saturated rings. The summed E-state index contributed by atoms with van der Waals surface area (Å²) in [5.41, 5.74) is 0. The van der Waals surface area contributed by atoms with Gasteiger partial charge in [-0.05, 0) is 19.3 Å². The summed E-state index contributed by atoms with van der Waals surface area (Å²) in [5, 5.41) is 8.62. The van der Waals surface area contributed by atoms with E-state index in [2.05, 4.69) is 6.92 Å². The number of esters is 1. The number of aliphatic hydroxyl groups excluding tert-OH is 1. The van der Waals surface area contributed by atoms with Crippen molar-refractivity contribution >= 4 is 5.97 Å². The van der Waals surface area contributed by atoms with Crippen molar-refractivity contribution in [3.05, 3.63) is 0 Å². The average molecular weight is 357 g/mol. The van der Waals surface area contributed by atoms with Crippen molar-refractivity contribution in [2.75, 3.05) is 13.2 Å². The summed E-state index contributed by atoms with van der Waals surface area (Å²) in [7, 11) is 0. The highest BCUT2D eigenvalue weighted by Crippen LogP contribution is 2.31. The second-order valence-electron chi connectivity index (χ2n) is 7.37. The number of carbonyl (C=O) groups excluding carboxylic acids is 1. The van der Waals surface area contributed by atoms with E-state index < -0.39 is 0 Å². The third-order valence-electron chi connectivity index (χ3n) is 4.96. The average Bonchev–Trinajstić information content (AvgIpc) is 3.35. The van der Waals surface area contributed by atoms with Gasteiger partial charge in [-0.1, -0.05) is 71.1 Å². The standard InChI is InChI=1S/C21H40O4/c1-2-3-4-5-7-10-14-19-20(25-19)15-11-8-6-9-12-16-21(23)24-18-13-17-22/h19-20,22H,2-18H2,1H3. The first-order chi connectivity index (χ1) is 12.3. The molecule has 0 radical (unpaired) electrons. The number of carbonyl (C=O) groups is 1. The van der Waals surface area contributed by atoms with E-state index in [-0.39, 0.29) is 12.6 Å². The van der Waals surface area contributed by atoms with Gasteiger partial charge in [-0.3, -0.25) is 4.79 Å². The highest BCUT2D eigenvalue weighted by molar-refractivity contribution is 5.69. The van der Waals surface area contributed by atoms with Gasteiger partial charge in [-0.2, -0.15) is 0 Å². The van der Waals surface area contributed by atoms with Gasteiger partial charge in [0.15, 0.2) is 0 Å². The van der Waals surface area contributed by atoms with Crippen molar-refractivity contribution in [1.82, 2.24) is 0 Å². The minimum atomic E-state index is -0.127. The van der Waals surface area contributed by atoms with Gasteiger partial charge in [-0.25, -0.2) is 0 Å². The van der Waals surface area contributed by atoms with Crippen LogP contribution < -0.4 is 0 Å². The maximum absolute atomic E-state index is 11.4. The quantitative estimate of drug-likeness (QED) is 0.209. The fourth-order valence-electron chi connectivity index (χ4n) is 3.28. The maximum Gasteiger partial charge on any atom is 0.305 e. The molecule has 4 nitrogen and oxygen atoms in total. The Morgan fingerprint density at radius 1 is 0.840 bits per heavy atom. The van der Waals surface area contributed by atoms with Crippen LogP contribution in [-0.4, -0.2) is 36.5 Å². The minimum absolute atomic E-state index is 0.0812. The van der Waals surface area contributed by atoms with Crippen molar-refractivity contribution < 1.29 is 19.4 Å². The van der Waals surface area contributed by atoms with Crippen LogP contribution in [-0.2, 0) is 14.3 Å². The third kappa shape index (κ3) is 13.3. The molecule has 2 unspecified atom stereocenters. The van der Waals surface area contributed by atoms with Crippen molar-refractivity contribution in [3.63, 3.8) is 0 Å². The van der Waals surface area contributed by atoms with Crippen LogP contribution in [0.25, 0.3) is 0 Å². The molecule has 1 aliphatic rings. The predicted octanol–water partition coefficient (Wildman–Crippen LogP) is 5.16. The van der Waals surface area contributed by atoms with Crippen LogP contribution in [0.2, 0.25) is 0 Å². The molecule has 1 N–H and O–H groups in total. The van der Waals surface area contributed by atoms with Crippen LogP contribution in [0.15, 0.2) is 0 Å². The van der Waals surface area contributed by atoms with E-state index in [4.69, 9.17) is 14.6 Å². The van der Waals surface area contributed by atoms with Crippen LogP contribution in [0, 0.1) is 0 Å². The summed E-state index contributed by atoms with van der Waals surface area (Å²) >= 11 is 0. The van der Waals surface area contributed by atoms with Gasteiger partial charge in [0.05, 0.1) is 18.8 Å². The smallest absolute Gasteiger partial charge is 0.305 e. The zero-order valence-corrected chi connectivity index (χ0v) is 16.3. The molecule has 1 heterocycles. The van der Waals surface area contributed by atoms with Crippen molar-refractivity contribution in [2.45, 2.75) is 115 Å². The first kappa shape index (κ1) is 22.4. The van der Waals surface area contributed by atoms with E-state index >= 15 is 0 Å². The van der Waals surface area contributed by atoms with Gasteiger partial charge in [0.25, 0.3) is 0 Å². The molecule has 0 amide bonds. The van der Waals surface area contributed by atoms with Crippen LogP contribution in [0.5, 0.6) is 0 Å². The maximum atomic E-state index is 11.4. The fourth-order valence-corrected chi connectivity index (χ4v) is 3.28. The summed E-state index contributed by atoms with van der Waals surface area (Å²) in [6.45, 7) is 2.69. The summed E-state index contributed by atoms with van der Waals surface area (Å²) in [6.07, 6.45) is 18.5. The molecular weight excluding hydrogens is 316 g/mol. The molecular formula is C21H40O4. The molecule has 0 aromatic carbocycles. The Kier molecular flexibility index (Phi) is 14.0. The molecule has 0 bridgehead atoms. The van der Waals surface area contributed by atoms with E-state index in [1.807, 2.05) is 0 Å². The summed E-state index contributed by atoms with van der Waals surface area (Å²) < 4.78 is 10.8. The SMILES string of the molecule is CCCCCCCCC1OC1CCCCCCCC(=O)OCCCO. The number of epoxide rings is 1. The Labute approximate surface area is 154 Å². The van der Waals surface area contributed by atoms with E-state index in [0.717, 1.165) is 12.8 Å². The van der Waals surface area contributed by atoms with Gasteiger partial charge in [-0.15, -0.1) is 0 Å². The number of hydrogen-bond acceptors (Lipinski definition) is 4. The highest BCUT2D eigenvalue weighted by Gasteiger charge is 2.36. The number of aliphatic hydroxyl groups is 1. The minimum Gasteiger partial charge on any atom is -0.466 e. The second kappa shape index (κ2) is 15.6. The Morgan fingerprint density at radius 2 is 1.40 bits per heavy atom. The Hall–Kier alpha value is -0.610. The first-order valence-electron chi connectivity index (χ1n) is 10.7. The van der Waals surface area contributed by atoms with Crippen LogP contribution in [0.1, 0.15) is 103 Å². The number of rotatable bonds is 18. The zero-order chi connectivity index (χ0) is 18.2. The summed E-state index contributed by atoms with van der Waals surface area (Å²) in [4.78, 5) is 11.4. The van der Waals surface area contributed by atoms with Gasteiger partial charge in [0, 0.05) is 19.4 Å². The molecule has 148 valence electrons. The normalized spacial score (nSPS) is 19.1. The van der Waals surface area contributed by atoms with Gasteiger partial charge in [0.2, 0.25) is 0 Å². The lowest BCUT2D eigenvalue weighted by Gasteiger charge is -2.03. The Morgan fingerprint density at radius 3 is 2.00 bits per heavy atom. The first-order valence-corrected chi connectivity index (χ1v) is 10.7. The van der Waals surface area contributed by atoms with E-state index in [1.54, 1.807) is 0 Å². The largest absolute Gasteiger partial charge is 0.466 e. The van der Waals surface area contributed by atoms with Crippen molar-refractivity contribution in [1.29, 1.82) is 0 Å². The van der Waals surface area contributed by atoms with Crippen LogP contribution in [0.3, 0.4) is 0 Å². The molecule has 0 saturated carbocycles. The third-order valence-corrected chi connectivity index (χ3v) is 4.96. The lowest BCUT2D eigenvalue weighted by Crippen LogP contribution is -2.06. The molecule has 0 aromatic rings. The number of hydrogen-bond donors (Lipinski definition) is 1. The topological polar surface area (TPSA) is 59.1 Å². The zero-order valence-electron chi connectivity index (χ0n) is 16.3. The van der Waals surface area contributed by atoms with Crippen molar-refractivity contribution in [2.24, 2.45) is 0 Å². The van der Waals surface area contributed by atoms with E-state index in [9.17, 15) is 4.79 Å². The Bertz CT molecular complexity index is 319. The molecule has 1 aliphatic heterocycles. The number of ether oxygens (including phenoxy) is 2. The van der Waals surface area contributed by atoms with Crippen LogP contribution >= 0.6 is 0 Å². The fraction of sp³-hybridized carbons (Fsp3) is 0.952. The molecule has 2 atom stereocenters. The molecule has 0 spiro atoms. The van der Waals surface area contributed by atoms with Gasteiger partial charge < -0.3 is 14.6 Å². The molecule has 1 saturated heterocycles. The lowest BCUT2D eigenvalue weighted by molar-refractivity contribution is -0.144. The lowest BCUT2D eigenvalue weighted by atomic mass is 10.0. The number of unbranched alkanes of at least 4 members (excludes halogenated alkanes) is 9. The molecule has 0 aromatic heterocycles. The molecule has 0 aliphatic carbocycles. The van der Waals surface area contributed by atoms with E-state index in [1.165, 1.54) is 70.6 Å². The second-order valence-corrected chi connectivity index (χ2v) is 7.37. The van der Waals surface area contributed by atoms with Crippen molar-refractivity contribution in [3.8, 4) is 0 Å². The molecule has 4 heteroatoms. The van der Waals surface area contributed by atoms with Gasteiger partial charge in [0.1, 0.15) is 0 Å². The van der Waals surface area contributed by atoms with E-state index in [0.29, 0.717) is 31.7 Å². The van der Waals surface area contributed by atoms with Crippen LogP contribution in [0.4, 0.5) is 0 Å². The predicted molar refractivity (Wildman–Crippen MR) is 102 cm³/mol. The highest BCUT2D eigenvalue weighted by atomic mass is 16.6. The van der Waals surface area contributed by atoms with Gasteiger partial charge >= 0.3 is 5.97 Å². The summed E-state index contributed by atoms with van der Waals surface area (Å²) in [6, 6.07) is 0. The Balaban J connectivity index is 1.77. The molecule has 25 heavy (non-hydrogen) atoms. The summed E-state index contributed by atoms with van der Waals surface area (Å²) in [5.74, 6) is -0.127.